The van der Waals surface area contributed by atoms with E-state index in [1.165, 1.54) is 29.1 Å². The van der Waals surface area contributed by atoms with Crippen molar-refractivity contribution < 1.29 is 0 Å². The molecule has 0 saturated heterocycles. The summed E-state index contributed by atoms with van der Waals surface area (Å²) < 4.78 is 0. The normalized spacial score (nSPS) is 19.6. The molecule has 0 bridgehead atoms. The van der Waals surface area contributed by atoms with Gasteiger partial charge in [0, 0.05) is 16.7 Å². The summed E-state index contributed by atoms with van der Waals surface area (Å²) in [5.41, 5.74) is 1.49. The Balaban J connectivity index is 1.96. The average molecular weight is 207 g/mol. The van der Waals surface area contributed by atoms with Gasteiger partial charge in [-0.2, -0.15) is 0 Å². The van der Waals surface area contributed by atoms with Crippen LogP contribution in [0.1, 0.15) is 31.4 Å². The first kappa shape index (κ1) is 10.1. The third-order valence-electron chi connectivity index (χ3n) is 2.62. The minimum Gasteiger partial charge on any atom is -0.309 e. The standard InChI is InChI=1S/C12H17NS/c1-2-3-8-13-11-9-14-12-7-5-4-6-10(11)12/h4-7,11,13H,2-3,8-9H2,1H3. The zero-order valence-corrected chi connectivity index (χ0v) is 9.44. The molecule has 1 aliphatic heterocycles. The second-order valence-electron chi connectivity index (χ2n) is 3.71. The second-order valence-corrected chi connectivity index (χ2v) is 4.77. The highest BCUT2D eigenvalue weighted by Crippen LogP contribution is 2.37. The summed E-state index contributed by atoms with van der Waals surface area (Å²) in [7, 11) is 0. The van der Waals surface area contributed by atoms with Crippen LogP contribution in [0.25, 0.3) is 0 Å². The van der Waals surface area contributed by atoms with Crippen molar-refractivity contribution in [2.75, 3.05) is 12.3 Å². The van der Waals surface area contributed by atoms with E-state index in [2.05, 4.69) is 36.5 Å². The fourth-order valence-electron chi connectivity index (χ4n) is 1.78. The Labute approximate surface area is 90.3 Å². The summed E-state index contributed by atoms with van der Waals surface area (Å²) in [4.78, 5) is 1.46. The van der Waals surface area contributed by atoms with Gasteiger partial charge in [0.2, 0.25) is 0 Å². The third-order valence-corrected chi connectivity index (χ3v) is 3.80. The molecule has 1 aromatic carbocycles. The fourth-order valence-corrected chi connectivity index (χ4v) is 2.98. The lowest BCUT2D eigenvalue weighted by Gasteiger charge is -2.12. The predicted octanol–water partition coefficient (Wildman–Crippen LogP) is 3.22. The van der Waals surface area contributed by atoms with Gasteiger partial charge in [0.15, 0.2) is 0 Å². The van der Waals surface area contributed by atoms with Gasteiger partial charge in [0.25, 0.3) is 0 Å². The number of benzene rings is 1. The van der Waals surface area contributed by atoms with Crippen molar-refractivity contribution in [3.63, 3.8) is 0 Å². The van der Waals surface area contributed by atoms with Crippen molar-refractivity contribution in [2.24, 2.45) is 0 Å². The van der Waals surface area contributed by atoms with Gasteiger partial charge in [-0.05, 0) is 24.6 Å². The van der Waals surface area contributed by atoms with E-state index in [1.54, 1.807) is 0 Å². The molecule has 1 aliphatic rings. The molecule has 0 amide bonds. The molecule has 2 heteroatoms. The summed E-state index contributed by atoms with van der Waals surface area (Å²) in [5, 5.41) is 3.62. The molecule has 0 aliphatic carbocycles. The van der Waals surface area contributed by atoms with E-state index in [9.17, 15) is 0 Å². The van der Waals surface area contributed by atoms with Gasteiger partial charge in [-0.3, -0.25) is 0 Å². The van der Waals surface area contributed by atoms with Gasteiger partial charge in [-0.25, -0.2) is 0 Å². The molecule has 14 heavy (non-hydrogen) atoms. The van der Waals surface area contributed by atoms with Crippen LogP contribution >= 0.6 is 11.8 Å². The summed E-state index contributed by atoms with van der Waals surface area (Å²) in [6.07, 6.45) is 2.55. The summed E-state index contributed by atoms with van der Waals surface area (Å²) in [5.74, 6) is 1.20. The Morgan fingerprint density at radius 2 is 2.29 bits per heavy atom. The second kappa shape index (κ2) is 4.85. The topological polar surface area (TPSA) is 12.0 Å². The molecule has 0 saturated carbocycles. The Kier molecular flexibility index (Phi) is 3.49. The molecule has 1 unspecified atom stereocenters. The largest absolute Gasteiger partial charge is 0.309 e. The number of thioether (sulfide) groups is 1. The molecule has 1 heterocycles. The Bertz CT molecular complexity index is 298. The van der Waals surface area contributed by atoms with Crippen LogP contribution in [0, 0.1) is 0 Å². The maximum atomic E-state index is 3.62. The van der Waals surface area contributed by atoms with Gasteiger partial charge >= 0.3 is 0 Å². The Hall–Kier alpha value is -0.470. The molecule has 76 valence electrons. The van der Waals surface area contributed by atoms with Crippen LogP contribution in [0.4, 0.5) is 0 Å². The third kappa shape index (κ3) is 2.12. The SMILES string of the molecule is CCCCNC1CSc2ccccc21. The summed E-state index contributed by atoms with van der Waals surface area (Å²) in [6.45, 7) is 3.38. The van der Waals surface area contributed by atoms with E-state index in [1.807, 2.05) is 11.8 Å². The number of hydrogen-bond donors (Lipinski definition) is 1. The lowest BCUT2D eigenvalue weighted by atomic mass is 10.1. The molecule has 0 radical (unpaired) electrons. The highest BCUT2D eigenvalue weighted by molar-refractivity contribution is 7.99. The van der Waals surface area contributed by atoms with Crippen molar-refractivity contribution in [1.82, 2.24) is 5.32 Å². The summed E-state index contributed by atoms with van der Waals surface area (Å²) >= 11 is 1.97. The first-order valence-corrected chi connectivity index (χ1v) is 6.35. The highest BCUT2D eigenvalue weighted by Gasteiger charge is 2.21. The van der Waals surface area contributed by atoms with Gasteiger partial charge in [0.1, 0.15) is 0 Å². The number of rotatable bonds is 4. The lowest BCUT2D eigenvalue weighted by molar-refractivity contribution is 0.562. The molecule has 0 aromatic heterocycles. The van der Waals surface area contributed by atoms with Crippen LogP contribution in [-0.4, -0.2) is 12.3 Å². The Morgan fingerprint density at radius 3 is 3.14 bits per heavy atom. The van der Waals surface area contributed by atoms with E-state index in [4.69, 9.17) is 0 Å². The van der Waals surface area contributed by atoms with E-state index >= 15 is 0 Å². The smallest absolute Gasteiger partial charge is 0.0426 e. The minimum absolute atomic E-state index is 0.586. The molecule has 1 aromatic rings. The van der Waals surface area contributed by atoms with Crippen LogP contribution in [0.2, 0.25) is 0 Å². The number of nitrogens with one attached hydrogen (secondary N) is 1. The predicted molar refractivity (Wildman–Crippen MR) is 62.8 cm³/mol. The number of fused-ring (bicyclic) bond motifs is 1. The quantitative estimate of drug-likeness (QED) is 0.761. The molecule has 1 atom stereocenters. The fraction of sp³-hybridized carbons (Fsp3) is 0.500. The first-order chi connectivity index (χ1) is 6.92. The lowest BCUT2D eigenvalue weighted by Crippen LogP contribution is -2.22. The van der Waals surface area contributed by atoms with Crippen molar-refractivity contribution in [1.29, 1.82) is 0 Å². The Morgan fingerprint density at radius 1 is 1.43 bits per heavy atom. The van der Waals surface area contributed by atoms with Crippen LogP contribution in [0.15, 0.2) is 29.2 Å². The molecule has 1 nitrogen and oxygen atoms in total. The average Bonchev–Trinajstić information content (AvgIpc) is 2.63. The van der Waals surface area contributed by atoms with Crippen LogP contribution in [-0.2, 0) is 0 Å². The molecule has 0 spiro atoms. The van der Waals surface area contributed by atoms with Crippen LogP contribution < -0.4 is 5.32 Å². The summed E-state index contributed by atoms with van der Waals surface area (Å²) in [6, 6.07) is 9.32. The zero-order valence-electron chi connectivity index (χ0n) is 8.62. The minimum atomic E-state index is 0.586. The first-order valence-electron chi connectivity index (χ1n) is 5.37. The van der Waals surface area contributed by atoms with Gasteiger partial charge in [-0.15, -0.1) is 11.8 Å². The van der Waals surface area contributed by atoms with E-state index < -0.39 is 0 Å². The molecular formula is C12H17NS. The monoisotopic (exact) mass is 207 g/mol. The van der Waals surface area contributed by atoms with Crippen molar-refractivity contribution in [2.45, 2.75) is 30.7 Å². The molecule has 1 N–H and O–H groups in total. The van der Waals surface area contributed by atoms with Crippen molar-refractivity contribution >= 4 is 11.8 Å². The number of unbranched alkanes of at least 4 members (excludes halogenated alkanes) is 1. The van der Waals surface area contributed by atoms with E-state index in [0.29, 0.717) is 6.04 Å². The zero-order chi connectivity index (χ0) is 9.80. The maximum absolute atomic E-state index is 3.62. The van der Waals surface area contributed by atoms with Crippen molar-refractivity contribution in [3.05, 3.63) is 29.8 Å². The molecule has 2 rings (SSSR count). The van der Waals surface area contributed by atoms with Gasteiger partial charge in [-0.1, -0.05) is 31.5 Å². The van der Waals surface area contributed by atoms with Crippen LogP contribution in [0.3, 0.4) is 0 Å². The highest BCUT2D eigenvalue weighted by atomic mass is 32.2. The van der Waals surface area contributed by atoms with E-state index in [-0.39, 0.29) is 0 Å². The molecular weight excluding hydrogens is 190 g/mol. The van der Waals surface area contributed by atoms with Crippen LogP contribution in [0.5, 0.6) is 0 Å². The molecule has 0 fully saturated rings. The van der Waals surface area contributed by atoms with Gasteiger partial charge in [0.05, 0.1) is 0 Å². The maximum Gasteiger partial charge on any atom is 0.0426 e. The van der Waals surface area contributed by atoms with Gasteiger partial charge < -0.3 is 5.32 Å². The number of hydrogen-bond acceptors (Lipinski definition) is 2. The van der Waals surface area contributed by atoms with E-state index in [0.717, 1.165) is 6.54 Å². The van der Waals surface area contributed by atoms with Crippen molar-refractivity contribution in [3.8, 4) is 0 Å².